The molecule has 0 nitrogen and oxygen atoms in total. The molecule has 0 spiro atoms. The zero-order chi connectivity index (χ0) is 10.6. The van der Waals surface area contributed by atoms with Crippen LogP contribution >= 0.6 is 38.9 Å². The second-order valence-corrected chi connectivity index (χ2v) is 7.91. The summed E-state index contributed by atoms with van der Waals surface area (Å²) >= 11 is 12.0. The maximum Gasteiger partial charge on any atom is 0.0704 e. The third-order valence-electron chi connectivity index (χ3n) is 4.03. The Labute approximate surface area is 108 Å². The molecule has 1 aromatic rings. The molecular formula is C12H14BrClS. The van der Waals surface area contributed by atoms with Crippen LogP contribution in [0.5, 0.6) is 0 Å². The lowest BCUT2D eigenvalue weighted by Gasteiger charge is -2.10. The first-order valence-corrected chi connectivity index (χ1v) is 7.63. The Kier molecular flexibility index (Phi) is 2.65. The van der Waals surface area contributed by atoms with Crippen LogP contribution in [-0.2, 0) is 0 Å². The van der Waals surface area contributed by atoms with Crippen molar-refractivity contribution in [3.8, 4) is 0 Å². The number of fused-ring (bicyclic) bond motifs is 1. The highest BCUT2D eigenvalue weighted by atomic mass is 79.9. The van der Waals surface area contributed by atoms with Gasteiger partial charge in [-0.2, -0.15) is 0 Å². The molecule has 0 radical (unpaired) electrons. The van der Waals surface area contributed by atoms with Gasteiger partial charge in [0.25, 0.3) is 0 Å². The molecule has 0 bridgehead atoms. The van der Waals surface area contributed by atoms with E-state index in [1.165, 1.54) is 33.5 Å². The van der Waals surface area contributed by atoms with Gasteiger partial charge in [0.2, 0.25) is 0 Å². The summed E-state index contributed by atoms with van der Waals surface area (Å²) in [6.07, 6.45) is 4.27. The summed E-state index contributed by atoms with van der Waals surface area (Å²) in [5.74, 6) is 2.68. The average Bonchev–Trinajstić information content (AvgIpc) is 2.58. The van der Waals surface area contributed by atoms with Gasteiger partial charge < -0.3 is 0 Å². The molecule has 0 aliphatic heterocycles. The number of alkyl halides is 1. The summed E-state index contributed by atoms with van der Waals surface area (Å²) in [5.41, 5.74) is 1.37. The molecule has 2 aliphatic carbocycles. The third-order valence-corrected chi connectivity index (χ3v) is 6.13. The van der Waals surface area contributed by atoms with Gasteiger partial charge in [-0.1, -0.05) is 6.42 Å². The molecule has 3 unspecified atom stereocenters. The van der Waals surface area contributed by atoms with Gasteiger partial charge in [0.1, 0.15) is 0 Å². The summed E-state index contributed by atoms with van der Waals surface area (Å²) in [7, 11) is 0. The van der Waals surface area contributed by atoms with Crippen molar-refractivity contribution in [1.82, 2.24) is 0 Å². The van der Waals surface area contributed by atoms with Crippen LogP contribution in [0.3, 0.4) is 0 Å². The number of hydrogen-bond acceptors (Lipinski definition) is 1. The Morgan fingerprint density at radius 1 is 1.47 bits per heavy atom. The third kappa shape index (κ3) is 1.69. The lowest BCUT2D eigenvalue weighted by Crippen LogP contribution is -1.98. The van der Waals surface area contributed by atoms with Crippen LogP contribution in [0.15, 0.2) is 9.85 Å². The average molecular weight is 306 g/mol. The summed E-state index contributed by atoms with van der Waals surface area (Å²) in [4.78, 5) is 1.38. The van der Waals surface area contributed by atoms with Crippen LogP contribution in [-0.4, -0.2) is 0 Å². The second kappa shape index (κ2) is 3.75. The molecular weight excluding hydrogens is 292 g/mol. The van der Waals surface area contributed by atoms with Gasteiger partial charge >= 0.3 is 0 Å². The van der Waals surface area contributed by atoms with E-state index < -0.39 is 0 Å². The van der Waals surface area contributed by atoms with Crippen LogP contribution in [0.25, 0.3) is 0 Å². The highest BCUT2D eigenvalue weighted by Gasteiger charge is 2.55. The fraction of sp³-hybridized carbons (Fsp3) is 0.667. The highest BCUT2D eigenvalue weighted by Crippen LogP contribution is 2.64. The molecule has 82 valence electrons. The molecule has 0 N–H and O–H groups in total. The number of halogens is 2. The zero-order valence-electron chi connectivity index (χ0n) is 8.67. The number of aryl methyl sites for hydroxylation is 1. The minimum absolute atomic E-state index is 0.267. The van der Waals surface area contributed by atoms with Crippen molar-refractivity contribution in [3.63, 3.8) is 0 Å². The first-order valence-electron chi connectivity index (χ1n) is 5.58. The molecule has 0 saturated heterocycles. The zero-order valence-corrected chi connectivity index (χ0v) is 11.8. The molecule has 2 aliphatic rings. The van der Waals surface area contributed by atoms with Crippen LogP contribution in [0.4, 0.5) is 0 Å². The molecule has 3 heteroatoms. The van der Waals surface area contributed by atoms with Crippen molar-refractivity contribution in [2.75, 3.05) is 0 Å². The van der Waals surface area contributed by atoms with Crippen molar-refractivity contribution < 1.29 is 0 Å². The number of rotatable bonds is 2. The lowest BCUT2D eigenvalue weighted by atomic mass is 10.0. The molecule has 1 aromatic heterocycles. The van der Waals surface area contributed by atoms with Gasteiger partial charge in [-0.25, -0.2) is 0 Å². The maximum absolute atomic E-state index is 6.61. The molecule has 3 rings (SSSR count). The van der Waals surface area contributed by atoms with Crippen LogP contribution in [0.2, 0.25) is 0 Å². The van der Waals surface area contributed by atoms with Gasteiger partial charge in [-0.15, -0.1) is 22.9 Å². The van der Waals surface area contributed by atoms with Crippen LogP contribution in [0, 0.1) is 24.7 Å². The quantitative estimate of drug-likeness (QED) is 0.663. The minimum atomic E-state index is 0.267. The van der Waals surface area contributed by atoms with Crippen molar-refractivity contribution in [2.45, 2.75) is 31.6 Å². The van der Waals surface area contributed by atoms with Crippen molar-refractivity contribution in [1.29, 1.82) is 0 Å². The summed E-state index contributed by atoms with van der Waals surface area (Å²) in [5, 5.41) is 0.267. The van der Waals surface area contributed by atoms with Crippen molar-refractivity contribution in [2.24, 2.45) is 17.8 Å². The smallest absolute Gasteiger partial charge is 0.0704 e. The van der Waals surface area contributed by atoms with E-state index in [1.807, 2.05) is 0 Å². The Hall–Kier alpha value is 0.470. The van der Waals surface area contributed by atoms with E-state index in [1.54, 1.807) is 11.3 Å². The van der Waals surface area contributed by atoms with E-state index in [4.69, 9.17) is 11.6 Å². The summed E-state index contributed by atoms with van der Waals surface area (Å²) in [6, 6.07) is 2.21. The summed E-state index contributed by atoms with van der Waals surface area (Å²) in [6.45, 7) is 2.18. The Morgan fingerprint density at radius 2 is 2.13 bits per heavy atom. The molecule has 15 heavy (non-hydrogen) atoms. The normalized spacial score (nSPS) is 35.3. The van der Waals surface area contributed by atoms with E-state index in [9.17, 15) is 0 Å². The first-order chi connectivity index (χ1) is 7.18. The van der Waals surface area contributed by atoms with Crippen molar-refractivity contribution in [3.05, 3.63) is 20.3 Å². The largest absolute Gasteiger partial charge is 0.133 e. The fourth-order valence-electron chi connectivity index (χ4n) is 3.25. The minimum Gasteiger partial charge on any atom is -0.133 e. The van der Waals surface area contributed by atoms with Crippen LogP contribution in [0.1, 0.15) is 35.1 Å². The molecule has 3 atom stereocenters. The highest BCUT2D eigenvalue weighted by molar-refractivity contribution is 9.11. The van der Waals surface area contributed by atoms with E-state index in [-0.39, 0.29) is 5.38 Å². The van der Waals surface area contributed by atoms with E-state index in [0.717, 1.165) is 17.8 Å². The molecule has 2 fully saturated rings. The predicted octanol–water partition coefficient (Wildman–Crippen LogP) is 5.15. The van der Waals surface area contributed by atoms with Gasteiger partial charge in [-0.3, -0.25) is 0 Å². The Bertz CT molecular complexity index is 377. The fourth-order valence-corrected chi connectivity index (χ4v) is 5.67. The van der Waals surface area contributed by atoms with E-state index >= 15 is 0 Å². The van der Waals surface area contributed by atoms with Gasteiger partial charge in [-0.05, 0) is 65.1 Å². The topological polar surface area (TPSA) is 0 Å². The van der Waals surface area contributed by atoms with Gasteiger partial charge in [0, 0.05) is 4.88 Å². The lowest BCUT2D eigenvalue weighted by molar-refractivity contribution is 0.573. The van der Waals surface area contributed by atoms with Crippen molar-refractivity contribution >= 4 is 38.9 Å². The number of thiophene rings is 1. The van der Waals surface area contributed by atoms with Gasteiger partial charge in [0.15, 0.2) is 0 Å². The summed E-state index contributed by atoms with van der Waals surface area (Å²) < 4.78 is 1.21. The molecule has 2 saturated carbocycles. The Balaban J connectivity index is 1.80. The number of hydrogen-bond donors (Lipinski definition) is 0. The Morgan fingerprint density at radius 3 is 2.67 bits per heavy atom. The molecule has 0 amide bonds. The second-order valence-electron chi connectivity index (χ2n) is 4.80. The molecule has 1 heterocycles. The first kappa shape index (κ1) is 10.6. The standard InChI is InChI=1S/C12H14BrClS/c1-6-9(5-10(13)15-6)12(14)11-7-3-2-4-8(7)11/h5,7-8,11-12H,2-4H2,1H3. The monoisotopic (exact) mass is 304 g/mol. The van der Waals surface area contributed by atoms with Gasteiger partial charge in [0.05, 0.1) is 9.16 Å². The van der Waals surface area contributed by atoms with Crippen LogP contribution < -0.4 is 0 Å². The maximum atomic E-state index is 6.61. The molecule has 0 aromatic carbocycles. The van der Waals surface area contributed by atoms with E-state index in [0.29, 0.717) is 0 Å². The predicted molar refractivity (Wildman–Crippen MR) is 69.7 cm³/mol. The van der Waals surface area contributed by atoms with E-state index in [2.05, 4.69) is 28.9 Å². The SMILES string of the molecule is Cc1sc(Br)cc1C(Cl)C1C2CCCC21.